The van der Waals surface area contributed by atoms with Gasteiger partial charge in [0.05, 0.1) is 18.4 Å². The molecule has 36 heavy (non-hydrogen) atoms. The van der Waals surface area contributed by atoms with Crippen LogP contribution in [-0.4, -0.2) is 36.0 Å². The van der Waals surface area contributed by atoms with Crippen molar-refractivity contribution in [1.82, 2.24) is 5.32 Å². The Kier molecular flexibility index (Phi) is 6.82. The Balaban J connectivity index is 1.57. The third-order valence-electron chi connectivity index (χ3n) is 5.46. The number of aryl methyl sites for hydroxylation is 1. The molecule has 0 spiro atoms. The van der Waals surface area contributed by atoms with Gasteiger partial charge in [0.25, 0.3) is 11.8 Å². The van der Waals surface area contributed by atoms with Crippen LogP contribution in [0.1, 0.15) is 27.0 Å². The number of benzene rings is 3. The molecule has 0 aromatic heterocycles. The van der Waals surface area contributed by atoms with E-state index in [9.17, 15) is 19.2 Å². The number of anilines is 1. The van der Waals surface area contributed by atoms with Gasteiger partial charge in [-0.2, -0.15) is 0 Å². The fourth-order valence-corrected chi connectivity index (χ4v) is 3.60. The normalized spacial score (nSPS) is 14.6. The number of carbonyl (C=O) groups excluding carboxylic acids is 3. The lowest BCUT2D eigenvalue weighted by Gasteiger charge is -2.26. The van der Waals surface area contributed by atoms with Gasteiger partial charge < -0.3 is 14.6 Å². The first-order chi connectivity index (χ1) is 17.3. The highest BCUT2D eigenvalue weighted by atomic mass is 16.5. The van der Waals surface area contributed by atoms with E-state index in [0.717, 1.165) is 10.5 Å². The second kappa shape index (κ2) is 10.1. The van der Waals surface area contributed by atoms with Gasteiger partial charge in [0.2, 0.25) is 0 Å². The van der Waals surface area contributed by atoms with Crippen molar-refractivity contribution < 1.29 is 33.8 Å². The number of urea groups is 1. The van der Waals surface area contributed by atoms with Crippen LogP contribution < -0.4 is 19.7 Å². The van der Waals surface area contributed by atoms with E-state index in [4.69, 9.17) is 14.6 Å². The molecule has 0 bridgehead atoms. The van der Waals surface area contributed by atoms with Crippen LogP contribution in [0.5, 0.6) is 11.5 Å². The van der Waals surface area contributed by atoms with Crippen molar-refractivity contribution >= 4 is 35.6 Å². The highest BCUT2D eigenvalue weighted by Gasteiger charge is 2.36. The van der Waals surface area contributed by atoms with Gasteiger partial charge in [-0.15, -0.1) is 0 Å². The lowest BCUT2D eigenvalue weighted by atomic mass is 10.1. The summed E-state index contributed by atoms with van der Waals surface area (Å²) in [6.45, 7) is 1.98. The standard InChI is InChI=1S/C27H22N2O7/c1-16-6-9-20(10-7-16)29-25(31)21(24(30)28-27(29)34)13-17-8-11-22(23(14-17)35-2)36-15-18-4-3-5-19(12-18)26(32)33/h3-14H,15H2,1-2H3,(H,32,33)(H,28,30,34)/b21-13-. The smallest absolute Gasteiger partial charge is 0.335 e. The predicted octanol–water partition coefficient (Wildman–Crippen LogP) is 3.95. The summed E-state index contributed by atoms with van der Waals surface area (Å²) in [6, 6.07) is 17.2. The Labute approximate surface area is 206 Å². The zero-order valence-corrected chi connectivity index (χ0v) is 19.5. The molecule has 4 rings (SSSR count). The van der Waals surface area contributed by atoms with E-state index < -0.39 is 23.8 Å². The van der Waals surface area contributed by atoms with E-state index in [2.05, 4.69) is 5.32 Å². The van der Waals surface area contributed by atoms with Crippen LogP contribution in [0.15, 0.2) is 72.3 Å². The monoisotopic (exact) mass is 486 g/mol. The Morgan fingerprint density at radius 1 is 1.00 bits per heavy atom. The fourth-order valence-electron chi connectivity index (χ4n) is 3.60. The number of methoxy groups -OCH3 is 1. The molecule has 3 aromatic rings. The zero-order chi connectivity index (χ0) is 25.8. The molecule has 182 valence electrons. The van der Waals surface area contributed by atoms with E-state index in [-0.39, 0.29) is 17.7 Å². The van der Waals surface area contributed by atoms with Gasteiger partial charge in [0, 0.05) is 0 Å². The maximum absolute atomic E-state index is 13.1. The maximum atomic E-state index is 13.1. The molecule has 1 saturated heterocycles. The number of nitrogens with zero attached hydrogens (tertiary/aromatic N) is 1. The molecule has 0 radical (unpaired) electrons. The summed E-state index contributed by atoms with van der Waals surface area (Å²) in [4.78, 5) is 50.0. The minimum Gasteiger partial charge on any atom is -0.493 e. The fraction of sp³-hybridized carbons (Fsp3) is 0.111. The highest BCUT2D eigenvalue weighted by Crippen LogP contribution is 2.30. The van der Waals surface area contributed by atoms with Crippen LogP contribution in [0.3, 0.4) is 0 Å². The summed E-state index contributed by atoms with van der Waals surface area (Å²) in [7, 11) is 1.44. The number of hydrogen-bond donors (Lipinski definition) is 2. The summed E-state index contributed by atoms with van der Waals surface area (Å²) in [5, 5.41) is 11.3. The lowest BCUT2D eigenvalue weighted by molar-refractivity contribution is -0.122. The first-order valence-corrected chi connectivity index (χ1v) is 10.9. The Morgan fingerprint density at radius 3 is 2.44 bits per heavy atom. The number of ether oxygens (including phenoxy) is 2. The number of barbiturate groups is 1. The molecule has 9 heteroatoms. The molecule has 0 aliphatic carbocycles. The molecule has 0 atom stereocenters. The van der Waals surface area contributed by atoms with Gasteiger partial charge in [-0.25, -0.2) is 14.5 Å². The highest BCUT2D eigenvalue weighted by molar-refractivity contribution is 6.39. The van der Waals surface area contributed by atoms with Crippen LogP contribution in [0.25, 0.3) is 6.08 Å². The van der Waals surface area contributed by atoms with E-state index in [1.807, 2.05) is 6.92 Å². The number of rotatable bonds is 7. The van der Waals surface area contributed by atoms with E-state index in [0.29, 0.717) is 28.3 Å². The van der Waals surface area contributed by atoms with Crippen LogP contribution in [-0.2, 0) is 16.2 Å². The summed E-state index contributed by atoms with van der Waals surface area (Å²) >= 11 is 0. The van der Waals surface area contributed by atoms with Crippen LogP contribution in [0.2, 0.25) is 0 Å². The summed E-state index contributed by atoms with van der Waals surface area (Å²) in [6.07, 6.45) is 1.37. The molecule has 1 fully saturated rings. The second-order valence-electron chi connectivity index (χ2n) is 8.00. The summed E-state index contributed by atoms with van der Waals surface area (Å²) < 4.78 is 11.2. The minimum atomic E-state index is -1.03. The van der Waals surface area contributed by atoms with Gasteiger partial charge in [-0.3, -0.25) is 14.9 Å². The summed E-state index contributed by atoms with van der Waals surface area (Å²) in [5.41, 5.74) is 2.38. The number of imide groups is 2. The number of carboxylic acids is 1. The predicted molar refractivity (Wildman–Crippen MR) is 131 cm³/mol. The van der Waals surface area contributed by atoms with Crippen molar-refractivity contribution in [1.29, 1.82) is 0 Å². The molecule has 2 N–H and O–H groups in total. The lowest BCUT2D eigenvalue weighted by Crippen LogP contribution is -2.54. The number of amides is 4. The minimum absolute atomic E-state index is 0.104. The molecule has 0 saturated carbocycles. The van der Waals surface area contributed by atoms with Gasteiger partial charge in [-0.05, 0) is 60.5 Å². The quantitative estimate of drug-likeness (QED) is 0.383. The molecule has 0 unspecified atom stereocenters. The topological polar surface area (TPSA) is 122 Å². The Hall–Kier alpha value is -4.92. The number of carbonyl (C=O) groups is 4. The molecule has 1 aliphatic heterocycles. The first-order valence-electron chi connectivity index (χ1n) is 10.9. The van der Waals surface area contributed by atoms with Crippen molar-refractivity contribution in [3.8, 4) is 11.5 Å². The number of carboxylic acid groups (broad SMARTS) is 1. The van der Waals surface area contributed by atoms with Crippen molar-refractivity contribution in [2.75, 3.05) is 12.0 Å². The van der Waals surface area contributed by atoms with Crippen LogP contribution >= 0.6 is 0 Å². The van der Waals surface area contributed by atoms with Crippen molar-refractivity contribution in [2.45, 2.75) is 13.5 Å². The maximum Gasteiger partial charge on any atom is 0.335 e. The van der Waals surface area contributed by atoms with Gasteiger partial charge in [0.1, 0.15) is 12.2 Å². The molecular weight excluding hydrogens is 464 g/mol. The second-order valence-corrected chi connectivity index (χ2v) is 8.00. The number of aromatic carboxylic acids is 1. The van der Waals surface area contributed by atoms with Gasteiger partial charge >= 0.3 is 12.0 Å². The third kappa shape index (κ3) is 5.10. The van der Waals surface area contributed by atoms with E-state index in [1.165, 1.54) is 25.3 Å². The van der Waals surface area contributed by atoms with E-state index in [1.54, 1.807) is 54.6 Å². The molecule has 3 aromatic carbocycles. The number of hydrogen-bond acceptors (Lipinski definition) is 6. The Morgan fingerprint density at radius 2 is 1.75 bits per heavy atom. The van der Waals surface area contributed by atoms with Crippen molar-refractivity contribution in [2.24, 2.45) is 0 Å². The van der Waals surface area contributed by atoms with Crippen LogP contribution in [0.4, 0.5) is 10.5 Å². The zero-order valence-electron chi connectivity index (χ0n) is 19.5. The van der Waals surface area contributed by atoms with Gasteiger partial charge in [-0.1, -0.05) is 35.9 Å². The SMILES string of the molecule is COc1cc(/C=C2/C(=O)NC(=O)N(c3ccc(C)cc3)C2=O)ccc1OCc1cccc(C(=O)O)c1. The van der Waals surface area contributed by atoms with Crippen molar-refractivity contribution in [3.05, 3.63) is 94.6 Å². The molecule has 1 heterocycles. The van der Waals surface area contributed by atoms with Crippen molar-refractivity contribution in [3.63, 3.8) is 0 Å². The molecule has 4 amide bonds. The molecule has 1 aliphatic rings. The average molecular weight is 486 g/mol. The Bertz CT molecular complexity index is 1390. The van der Waals surface area contributed by atoms with Gasteiger partial charge in [0.15, 0.2) is 11.5 Å². The number of nitrogens with one attached hydrogen (secondary N) is 1. The average Bonchev–Trinajstić information content (AvgIpc) is 2.86. The molecule has 9 nitrogen and oxygen atoms in total. The first kappa shape index (κ1) is 24.2. The van der Waals surface area contributed by atoms with E-state index >= 15 is 0 Å². The van der Waals surface area contributed by atoms with Crippen LogP contribution in [0, 0.1) is 6.92 Å². The summed E-state index contributed by atoms with van der Waals surface area (Å²) in [5.74, 6) is -1.85. The largest absolute Gasteiger partial charge is 0.493 e. The third-order valence-corrected chi connectivity index (χ3v) is 5.46. The molecular formula is C27H22N2O7.